The Morgan fingerprint density at radius 1 is 1.14 bits per heavy atom. The lowest BCUT2D eigenvalue weighted by molar-refractivity contribution is 0.0254. The van der Waals surface area contributed by atoms with Crippen molar-refractivity contribution in [3.8, 4) is 29.0 Å². The molecule has 2 aromatic heterocycles. The molecule has 0 aliphatic carbocycles. The van der Waals surface area contributed by atoms with Crippen molar-refractivity contribution in [2.45, 2.75) is 31.8 Å². The molecule has 0 bridgehead atoms. The summed E-state index contributed by atoms with van der Waals surface area (Å²) in [6.07, 6.45) is 7.08. The molecule has 0 saturated carbocycles. The summed E-state index contributed by atoms with van der Waals surface area (Å²) in [5, 5.41) is 13.0. The Balaban J connectivity index is 1.34. The van der Waals surface area contributed by atoms with Crippen molar-refractivity contribution in [3.05, 3.63) is 71.3 Å². The van der Waals surface area contributed by atoms with Crippen LogP contribution in [0.15, 0.2) is 48.7 Å². The van der Waals surface area contributed by atoms with Gasteiger partial charge in [0, 0.05) is 36.7 Å². The van der Waals surface area contributed by atoms with Gasteiger partial charge in [0.1, 0.15) is 23.7 Å². The minimum atomic E-state index is 0.0734. The molecule has 3 aromatic rings. The van der Waals surface area contributed by atoms with Crippen LogP contribution in [0, 0.1) is 11.3 Å². The van der Waals surface area contributed by atoms with E-state index in [0.29, 0.717) is 42.7 Å². The molecule has 2 aliphatic rings. The standard InChI is InChI=1S/C28H29N5O3/c1-34-28-24(19-6-11-30-12-7-19)4-3-22(32-28)17-27-31-13-8-25(33-27)20-2-5-26(21(16-20)18-29)36-23-9-14-35-15-10-23/h2-6,8,13,16,23,30H,7,9-12,14-15,17H2,1H3. The van der Waals surface area contributed by atoms with Gasteiger partial charge in [0.2, 0.25) is 5.88 Å². The van der Waals surface area contributed by atoms with E-state index in [1.807, 2.05) is 30.3 Å². The summed E-state index contributed by atoms with van der Waals surface area (Å²) >= 11 is 0. The predicted molar refractivity (Wildman–Crippen MR) is 136 cm³/mol. The van der Waals surface area contributed by atoms with Gasteiger partial charge in [-0.3, -0.25) is 0 Å². The first kappa shape index (κ1) is 23.9. The molecule has 1 N–H and O–H groups in total. The molecule has 8 nitrogen and oxygen atoms in total. The molecule has 1 saturated heterocycles. The van der Waals surface area contributed by atoms with Gasteiger partial charge in [0.15, 0.2) is 0 Å². The minimum absolute atomic E-state index is 0.0734. The zero-order valence-corrected chi connectivity index (χ0v) is 20.4. The van der Waals surface area contributed by atoms with E-state index in [4.69, 9.17) is 24.2 Å². The number of benzene rings is 1. The van der Waals surface area contributed by atoms with Crippen molar-refractivity contribution in [3.63, 3.8) is 0 Å². The highest BCUT2D eigenvalue weighted by molar-refractivity contribution is 5.70. The molecular weight excluding hydrogens is 454 g/mol. The Hall–Kier alpha value is -3.80. The largest absolute Gasteiger partial charge is 0.489 e. The van der Waals surface area contributed by atoms with Crippen molar-refractivity contribution >= 4 is 5.57 Å². The van der Waals surface area contributed by atoms with E-state index in [-0.39, 0.29) is 6.10 Å². The fourth-order valence-corrected chi connectivity index (χ4v) is 4.50. The average molecular weight is 484 g/mol. The summed E-state index contributed by atoms with van der Waals surface area (Å²) in [6, 6.07) is 13.8. The second kappa shape index (κ2) is 11.3. The van der Waals surface area contributed by atoms with Gasteiger partial charge in [-0.15, -0.1) is 0 Å². The molecule has 36 heavy (non-hydrogen) atoms. The number of nitriles is 1. The molecule has 4 heterocycles. The van der Waals surface area contributed by atoms with Gasteiger partial charge in [-0.2, -0.15) is 5.26 Å². The molecule has 1 aromatic carbocycles. The van der Waals surface area contributed by atoms with Crippen LogP contribution in [-0.2, 0) is 11.2 Å². The molecule has 0 radical (unpaired) electrons. The number of nitrogens with one attached hydrogen (secondary N) is 1. The first-order chi connectivity index (χ1) is 17.7. The Morgan fingerprint density at radius 2 is 2.03 bits per heavy atom. The first-order valence-electron chi connectivity index (χ1n) is 12.3. The maximum Gasteiger partial charge on any atom is 0.220 e. The van der Waals surface area contributed by atoms with Crippen LogP contribution in [0.5, 0.6) is 11.6 Å². The lowest BCUT2D eigenvalue weighted by Gasteiger charge is -2.23. The van der Waals surface area contributed by atoms with E-state index in [2.05, 4.69) is 28.5 Å². The zero-order valence-electron chi connectivity index (χ0n) is 20.4. The third-order valence-electron chi connectivity index (χ3n) is 6.42. The quantitative estimate of drug-likeness (QED) is 0.539. The van der Waals surface area contributed by atoms with Gasteiger partial charge in [0.25, 0.3) is 0 Å². The smallest absolute Gasteiger partial charge is 0.220 e. The van der Waals surface area contributed by atoms with Crippen molar-refractivity contribution in [1.29, 1.82) is 5.26 Å². The topological polar surface area (TPSA) is 102 Å². The minimum Gasteiger partial charge on any atom is -0.489 e. The Labute approximate surface area is 211 Å². The Morgan fingerprint density at radius 3 is 2.81 bits per heavy atom. The normalized spacial score (nSPS) is 16.2. The predicted octanol–water partition coefficient (Wildman–Crippen LogP) is 3.94. The van der Waals surface area contributed by atoms with Gasteiger partial charge in [-0.05, 0) is 54.9 Å². The molecule has 2 aliphatic heterocycles. The summed E-state index contributed by atoms with van der Waals surface area (Å²) in [5.41, 5.74) is 5.20. The number of hydrogen-bond acceptors (Lipinski definition) is 8. The van der Waals surface area contributed by atoms with Crippen LogP contribution in [-0.4, -0.2) is 54.5 Å². The van der Waals surface area contributed by atoms with Crippen molar-refractivity contribution < 1.29 is 14.2 Å². The number of aromatic nitrogens is 3. The van der Waals surface area contributed by atoms with Crippen molar-refractivity contribution in [1.82, 2.24) is 20.3 Å². The number of hydrogen-bond donors (Lipinski definition) is 1. The summed E-state index contributed by atoms with van der Waals surface area (Å²) < 4.78 is 17.1. The molecule has 0 spiro atoms. The SMILES string of the molecule is COc1nc(Cc2nccc(-c3ccc(OC4CCOCC4)c(C#N)c3)n2)ccc1C1=CCNCC1. The molecule has 0 unspecified atom stereocenters. The summed E-state index contributed by atoms with van der Waals surface area (Å²) in [5.74, 6) is 1.87. The molecule has 184 valence electrons. The molecule has 0 atom stereocenters. The van der Waals surface area contributed by atoms with Crippen LogP contribution in [0.1, 0.15) is 41.9 Å². The molecule has 8 heteroatoms. The third kappa shape index (κ3) is 5.54. The molecule has 0 amide bonds. The second-order valence-corrected chi connectivity index (χ2v) is 8.83. The van der Waals surface area contributed by atoms with Gasteiger partial charge in [-0.25, -0.2) is 15.0 Å². The van der Waals surface area contributed by atoms with Gasteiger partial charge < -0.3 is 19.5 Å². The second-order valence-electron chi connectivity index (χ2n) is 8.83. The van der Waals surface area contributed by atoms with Crippen LogP contribution < -0.4 is 14.8 Å². The van der Waals surface area contributed by atoms with Crippen molar-refractivity contribution in [2.24, 2.45) is 0 Å². The van der Waals surface area contributed by atoms with Crippen LogP contribution in [0.3, 0.4) is 0 Å². The van der Waals surface area contributed by atoms with Crippen LogP contribution >= 0.6 is 0 Å². The van der Waals surface area contributed by atoms with Crippen LogP contribution in [0.2, 0.25) is 0 Å². The lowest BCUT2D eigenvalue weighted by atomic mass is 10.0. The number of rotatable bonds is 7. The zero-order chi connectivity index (χ0) is 24.7. The first-order valence-corrected chi connectivity index (χ1v) is 12.3. The summed E-state index contributed by atoms with van der Waals surface area (Å²) in [7, 11) is 1.65. The third-order valence-corrected chi connectivity index (χ3v) is 6.42. The van der Waals surface area contributed by atoms with E-state index in [0.717, 1.165) is 54.9 Å². The van der Waals surface area contributed by atoms with Crippen LogP contribution in [0.25, 0.3) is 16.8 Å². The molecule has 1 fully saturated rings. The summed E-state index contributed by atoms with van der Waals surface area (Å²) in [6.45, 7) is 3.19. The number of pyridine rings is 1. The summed E-state index contributed by atoms with van der Waals surface area (Å²) in [4.78, 5) is 13.9. The number of nitrogens with zero attached hydrogens (tertiary/aromatic N) is 4. The fourth-order valence-electron chi connectivity index (χ4n) is 4.50. The van der Waals surface area contributed by atoms with E-state index < -0.39 is 0 Å². The maximum absolute atomic E-state index is 9.72. The lowest BCUT2D eigenvalue weighted by Crippen LogP contribution is -2.26. The Bertz CT molecular complexity index is 1290. The monoisotopic (exact) mass is 483 g/mol. The van der Waals surface area contributed by atoms with Crippen molar-refractivity contribution in [2.75, 3.05) is 33.4 Å². The number of ether oxygens (including phenoxy) is 3. The highest BCUT2D eigenvalue weighted by Gasteiger charge is 2.18. The maximum atomic E-state index is 9.72. The molecule has 5 rings (SSSR count). The molecular formula is C28H29N5O3. The highest BCUT2D eigenvalue weighted by atomic mass is 16.5. The van der Waals surface area contributed by atoms with Gasteiger partial charge >= 0.3 is 0 Å². The van der Waals surface area contributed by atoms with Gasteiger partial charge in [-0.1, -0.05) is 6.08 Å². The van der Waals surface area contributed by atoms with E-state index in [1.165, 1.54) is 5.57 Å². The fraction of sp³-hybridized carbons (Fsp3) is 0.357. The van der Waals surface area contributed by atoms with Crippen LogP contribution in [0.4, 0.5) is 0 Å². The number of methoxy groups -OCH3 is 1. The Kier molecular flexibility index (Phi) is 7.50. The highest BCUT2D eigenvalue weighted by Crippen LogP contribution is 2.29. The average Bonchev–Trinajstić information content (AvgIpc) is 2.94. The van der Waals surface area contributed by atoms with E-state index >= 15 is 0 Å². The van der Waals surface area contributed by atoms with E-state index in [1.54, 1.807) is 13.3 Å². The van der Waals surface area contributed by atoms with E-state index in [9.17, 15) is 5.26 Å². The van der Waals surface area contributed by atoms with Gasteiger partial charge in [0.05, 0.1) is 43.7 Å².